The van der Waals surface area contributed by atoms with Crippen molar-refractivity contribution in [3.05, 3.63) is 58.6 Å². The smallest absolute Gasteiger partial charge is 0.321 e. The van der Waals surface area contributed by atoms with E-state index >= 15 is 0 Å². The third-order valence-corrected chi connectivity index (χ3v) is 4.23. The van der Waals surface area contributed by atoms with Crippen molar-refractivity contribution in [2.75, 3.05) is 23.3 Å². The van der Waals surface area contributed by atoms with Gasteiger partial charge in [-0.25, -0.2) is 4.79 Å². The maximum absolute atomic E-state index is 11.7. The Labute approximate surface area is 132 Å². The van der Waals surface area contributed by atoms with E-state index in [2.05, 4.69) is 32.6 Å². The highest BCUT2D eigenvalue weighted by molar-refractivity contribution is 9.10. The molecule has 5 heteroatoms. The zero-order valence-electron chi connectivity index (χ0n) is 11.5. The minimum Gasteiger partial charge on any atom is -0.381 e. The van der Waals surface area contributed by atoms with Crippen LogP contribution in [-0.4, -0.2) is 19.1 Å². The van der Waals surface area contributed by atoms with Crippen molar-refractivity contribution in [3.63, 3.8) is 0 Å². The van der Waals surface area contributed by atoms with Crippen molar-refractivity contribution < 1.29 is 4.79 Å². The van der Waals surface area contributed by atoms with E-state index in [0.717, 1.165) is 22.4 Å². The summed E-state index contributed by atoms with van der Waals surface area (Å²) in [6.07, 6.45) is 0. The average molecular weight is 346 g/mol. The monoisotopic (exact) mass is 345 g/mol. The number of nitrogens with zero attached hydrogens (tertiary/aromatic N) is 1. The second-order valence-corrected chi connectivity index (χ2v) is 5.73. The fourth-order valence-corrected chi connectivity index (χ4v) is 2.77. The van der Waals surface area contributed by atoms with Crippen LogP contribution >= 0.6 is 15.9 Å². The van der Waals surface area contributed by atoms with Crippen LogP contribution in [0.15, 0.2) is 53.0 Å². The van der Waals surface area contributed by atoms with Gasteiger partial charge in [-0.3, -0.25) is 4.90 Å². The molecule has 0 aliphatic carbocycles. The molecule has 4 nitrogen and oxygen atoms in total. The minimum atomic E-state index is -0.0297. The summed E-state index contributed by atoms with van der Waals surface area (Å²) in [5.41, 5.74) is 3.12. The van der Waals surface area contributed by atoms with Crippen LogP contribution in [-0.2, 0) is 6.54 Å². The van der Waals surface area contributed by atoms with Gasteiger partial charge in [0.05, 0.1) is 0 Å². The quantitative estimate of drug-likeness (QED) is 0.889. The fraction of sp³-hybridized carbons (Fsp3) is 0.188. The highest BCUT2D eigenvalue weighted by atomic mass is 79.9. The third-order valence-electron chi connectivity index (χ3n) is 3.46. The highest BCUT2D eigenvalue weighted by Crippen LogP contribution is 2.22. The Bertz CT molecular complexity index is 659. The van der Waals surface area contributed by atoms with Gasteiger partial charge in [0.2, 0.25) is 0 Å². The molecule has 2 aromatic carbocycles. The lowest BCUT2D eigenvalue weighted by Crippen LogP contribution is -2.27. The number of rotatable bonds is 4. The fourth-order valence-electron chi connectivity index (χ4n) is 2.34. The van der Waals surface area contributed by atoms with Crippen molar-refractivity contribution in [1.29, 1.82) is 0 Å². The molecular formula is C16H16BrN3O. The van der Waals surface area contributed by atoms with Gasteiger partial charge in [-0.2, -0.15) is 0 Å². The lowest BCUT2D eigenvalue weighted by Gasteiger charge is -2.16. The standard InChI is InChI=1S/C16H16BrN3O/c17-15-7-2-1-4-12(15)11-19-13-5-3-6-14(10-13)20-9-8-18-16(20)21/h1-7,10,19H,8-9,11H2,(H,18,21). The molecule has 108 valence electrons. The van der Waals surface area contributed by atoms with Crippen molar-refractivity contribution in [1.82, 2.24) is 5.32 Å². The second kappa shape index (κ2) is 6.18. The largest absolute Gasteiger partial charge is 0.381 e. The summed E-state index contributed by atoms with van der Waals surface area (Å²) < 4.78 is 1.09. The molecule has 2 amide bonds. The first-order valence-electron chi connectivity index (χ1n) is 6.87. The first kappa shape index (κ1) is 13.9. The number of hydrogen-bond acceptors (Lipinski definition) is 2. The molecule has 0 spiro atoms. The van der Waals surface area contributed by atoms with Crippen molar-refractivity contribution in [2.45, 2.75) is 6.54 Å². The molecule has 3 rings (SSSR count). The van der Waals surface area contributed by atoms with Gasteiger partial charge in [-0.05, 0) is 29.8 Å². The first-order chi connectivity index (χ1) is 10.2. The van der Waals surface area contributed by atoms with Gasteiger partial charge in [0.25, 0.3) is 0 Å². The molecule has 21 heavy (non-hydrogen) atoms. The Hall–Kier alpha value is -2.01. The maximum Gasteiger partial charge on any atom is 0.321 e. The first-order valence-corrected chi connectivity index (χ1v) is 7.66. The molecule has 0 atom stereocenters. The van der Waals surface area contributed by atoms with Crippen molar-refractivity contribution in [2.24, 2.45) is 0 Å². The van der Waals surface area contributed by atoms with Crippen molar-refractivity contribution in [3.8, 4) is 0 Å². The number of amides is 2. The van der Waals surface area contributed by atoms with Gasteiger partial charge < -0.3 is 10.6 Å². The van der Waals surface area contributed by atoms with Crippen LogP contribution in [0.25, 0.3) is 0 Å². The third kappa shape index (κ3) is 3.19. The number of urea groups is 1. The number of hydrogen-bond donors (Lipinski definition) is 2. The van der Waals surface area contributed by atoms with E-state index in [1.54, 1.807) is 4.90 Å². The highest BCUT2D eigenvalue weighted by Gasteiger charge is 2.20. The molecular weight excluding hydrogens is 330 g/mol. The van der Waals surface area contributed by atoms with Crippen molar-refractivity contribution >= 4 is 33.3 Å². The molecule has 0 unspecified atom stereocenters. The molecule has 0 radical (unpaired) electrons. The number of nitrogens with one attached hydrogen (secondary N) is 2. The van der Waals surface area contributed by atoms with E-state index in [0.29, 0.717) is 13.1 Å². The zero-order valence-corrected chi connectivity index (χ0v) is 13.1. The summed E-state index contributed by atoms with van der Waals surface area (Å²) in [5, 5.41) is 6.21. The SMILES string of the molecule is O=C1NCCN1c1cccc(NCc2ccccc2Br)c1. The summed E-state index contributed by atoms with van der Waals surface area (Å²) in [6, 6.07) is 16.0. The molecule has 1 heterocycles. The van der Waals surface area contributed by atoms with E-state index in [4.69, 9.17) is 0 Å². The lowest BCUT2D eigenvalue weighted by atomic mass is 10.2. The summed E-state index contributed by atoms with van der Waals surface area (Å²) in [5.74, 6) is 0. The van der Waals surface area contributed by atoms with Crippen LogP contribution in [0.5, 0.6) is 0 Å². The number of halogens is 1. The predicted octanol–water partition coefficient (Wildman–Crippen LogP) is 3.59. The average Bonchev–Trinajstić information content (AvgIpc) is 2.93. The number of carbonyl (C=O) groups excluding carboxylic acids is 1. The Kier molecular flexibility index (Phi) is 4.10. The molecule has 1 saturated heterocycles. The number of carbonyl (C=O) groups is 1. The van der Waals surface area contributed by atoms with E-state index < -0.39 is 0 Å². The normalized spacial score (nSPS) is 14.1. The van der Waals surface area contributed by atoms with E-state index in [1.165, 1.54) is 5.56 Å². The Morgan fingerprint density at radius 2 is 2.05 bits per heavy atom. The van der Waals surface area contributed by atoms with Crippen LogP contribution in [0, 0.1) is 0 Å². The zero-order chi connectivity index (χ0) is 14.7. The van der Waals surface area contributed by atoms with E-state index in [1.807, 2.05) is 42.5 Å². The van der Waals surface area contributed by atoms with Crippen LogP contribution in [0.4, 0.5) is 16.2 Å². The maximum atomic E-state index is 11.7. The Morgan fingerprint density at radius 1 is 1.19 bits per heavy atom. The van der Waals surface area contributed by atoms with E-state index in [-0.39, 0.29) is 6.03 Å². The molecule has 0 bridgehead atoms. The van der Waals surface area contributed by atoms with Gasteiger partial charge in [0.1, 0.15) is 0 Å². The van der Waals surface area contributed by atoms with Gasteiger partial charge in [0.15, 0.2) is 0 Å². The summed E-state index contributed by atoms with van der Waals surface area (Å²) >= 11 is 3.54. The Balaban J connectivity index is 1.72. The van der Waals surface area contributed by atoms with Gasteiger partial charge in [-0.1, -0.05) is 40.2 Å². The summed E-state index contributed by atoms with van der Waals surface area (Å²) in [7, 11) is 0. The Morgan fingerprint density at radius 3 is 2.81 bits per heavy atom. The minimum absolute atomic E-state index is 0.0297. The number of benzene rings is 2. The van der Waals surface area contributed by atoms with E-state index in [9.17, 15) is 4.79 Å². The second-order valence-electron chi connectivity index (χ2n) is 4.88. The molecule has 0 saturated carbocycles. The van der Waals surface area contributed by atoms with Crippen LogP contribution in [0.1, 0.15) is 5.56 Å². The molecule has 1 aliphatic heterocycles. The molecule has 2 N–H and O–H groups in total. The van der Waals surface area contributed by atoms with Crippen LogP contribution in [0.2, 0.25) is 0 Å². The van der Waals surface area contributed by atoms with Gasteiger partial charge >= 0.3 is 6.03 Å². The van der Waals surface area contributed by atoms with Crippen LogP contribution < -0.4 is 15.5 Å². The molecule has 1 fully saturated rings. The van der Waals surface area contributed by atoms with Crippen LogP contribution in [0.3, 0.4) is 0 Å². The predicted molar refractivity (Wildman–Crippen MR) is 88.7 cm³/mol. The van der Waals surface area contributed by atoms with Gasteiger partial charge in [-0.15, -0.1) is 0 Å². The van der Waals surface area contributed by atoms with Gasteiger partial charge in [0, 0.05) is 35.5 Å². The molecule has 2 aromatic rings. The summed E-state index contributed by atoms with van der Waals surface area (Å²) in [4.78, 5) is 13.5. The topological polar surface area (TPSA) is 44.4 Å². The molecule has 0 aromatic heterocycles. The molecule has 1 aliphatic rings. The number of anilines is 2. The lowest BCUT2D eigenvalue weighted by molar-refractivity contribution is 0.252. The summed E-state index contributed by atoms with van der Waals surface area (Å²) in [6.45, 7) is 2.15.